The van der Waals surface area contributed by atoms with E-state index in [4.69, 9.17) is 4.74 Å². The van der Waals surface area contributed by atoms with Crippen LogP contribution in [0.1, 0.15) is 48.0 Å². The minimum absolute atomic E-state index is 0.0515. The van der Waals surface area contributed by atoms with E-state index in [2.05, 4.69) is 31.0 Å². The monoisotopic (exact) mass is 432 g/mol. The fourth-order valence-electron chi connectivity index (χ4n) is 3.80. The molecule has 1 amide bonds. The number of carbonyl (C=O) groups is 2. The summed E-state index contributed by atoms with van der Waals surface area (Å²) < 4.78 is 5.72. The quantitative estimate of drug-likeness (QED) is 0.492. The van der Waals surface area contributed by atoms with E-state index in [1.807, 2.05) is 23.6 Å². The molecule has 0 N–H and O–H groups in total. The minimum Gasteiger partial charge on any atom is -0.488 e. The molecule has 1 aliphatic rings. The van der Waals surface area contributed by atoms with Crippen LogP contribution in [0.15, 0.2) is 53.4 Å². The van der Waals surface area contributed by atoms with Crippen LogP contribution in [0.5, 0.6) is 5.75 Å². The molecule has 0 fully saturated rings. The number of thiazole rings is 1. The topological polar surface area (TPSA) is 59.5 Å². The van der Waals surface area contributed by atoms with Crippen molar-refractivity contribution in [3.05, 3.63) is 75.8 Å². The van der Waals surface area contributed by atoms with Crippen molar-refractivity contribution < 1.29 is 14.3 Å². The van der Waals surface area contributed by atoms with Gasteiger partial charge in [0.25, 0.3) is 0 Å². The normalized spacial score (nSPS) is 14.3. The number of rotatable bonds is 5. The van der Waals surface area contributed by atoms with Crippen LogP contribution in [0.25, 0.3) is 6.08 Å². The van der Waals surface area contributed by atoms with Crippen molar-refractivity contribution in [2.45, 2.75) is 33.6 Å². The number of ketones is 1. The molecule has 1 aromatic heterocycles. The molecule has 2 heterocycles. The molecule has 0 saturated heterocycles. The summed E-state index contributed by atoms with van der Waals surface area (Å²) >= 11 is 1.39. The van der Waals surface area contributed by atoms with Crippen LogP contribution in [-0.2, 0) is 17.6 Å². The second kappa shape index (κ2) is 8.86. The third-order valence-corrected chi connectivity index (χ3v) is 6.18. The highest BCUT2D eigenvalue weighted by Crippen LogP contribution is 2.36. The Kier molecular flexibility index (Phi) is 6.00. The molecule has 0 bridgehead atoms. The fraction of sp³-hybridized carbons (Fsp3) is 0.240. The van der Waals surface area contributed by atoms with Gasteiger partial charge in [0.15, 0.2) is 10.9 Å². The van der Waals surface area contributed by atoms with Gasteiger partial charge < -0.3 is 4.74 Å². The van der Waals surface area contributed by atoms with E-state index in [9.17, 15) is 9.59 Å². The maximum absolute atomic E-state index is 12.8. The van der Waals surface area contributed by atoms with Crippen molar-refractivity contribution in [1.82, 2.24) is 4.98 Å². The number of hydrogen-bond acceptors (Lipinski definition) is 5. The molecule has 1 aliphatic heterocycles. The lowest BCUT2D eigenvalue weighted by atomic mass is 10.00. The van der Waals surface area contributed by atoms with E-state index in [1.54, 1.807) is 30.0 Å². The predicted molar refractivity (Wildman–Crippen MR) is 124 cm³/mol. The summed E-state index contributed by atoms with van der Waals surface area (Å²) in [7, 11) is 0. The van der Waals surface area contributed by atoms with Gasteiger partial charge in [0.1, 0.15) is 12.4 Å². The van der Waals surface area contributed by atoms with Crippen molar-refractivity contribution in [3.8, 4) is 5.75 Å². The second-order valence-corrected chi connectivity index (χ2v) is 8.16. The average molecular weight is 433 g/mol. The van der Waals surface area contributed by atoms with Gasteiger partial charge in [-0.2, -0.15) is 0 Å². The first-order chi connectivity index (χ1) is 15.0. The molecule has 2 aromatic carbocycles. The number of amides is 1. The lowest BCUT2D eigenvalue weighted by molar-refractivity contribution is -0.115. The first-order valence-electron chi connectivity index (χ1n) is 10.4. The van der Waals surface area contributed by atoms with Gasteiger partial charge in [-0.05, 0) is 42.2 Å². The molecule has 0 radical (unpaired) electrons. The van der Waals surface area contributed by atoms with E-state index in [0.29, 0.717) is 27.7 Å². The Morgan fingerprint density at radius 2 is 1.84 bits per heavy atom. The van der Waals surface area contributed by atoms with Crippen molar-refractivity contribution in [1.29, 1.82) is 0 Å². The van der Waals surface area contributed by atoms with E-state index in [1.165, 1.54) is 11.3 Å². The molecule has 0 aliphatic carbocycles. The molecule has 4 rings (SSSR count). The molecule has 31 heavy (non-hydrogen) atoms. The summed E-state index contributed by atoms with van der Waals surface area (Å²) in [6, 6.07) is 13.4. The van der Waals surface area contributed by atoms with Gasteiger partial charge in [0, 0.05) is 17.9 Å². The molecule has 6 heteroatoms. The molecular weight excluding hydrogens is 408 g/mol. The number of Topliss-reactive ketones (excluding diaryl/α,β-unsaturated/α-hetero) is 1. The van der Waals surface area contributed by atoms with Gasteiger partial charge in [0.2, 0.25) is 5.91 Å². The Balaban J connectivity index is 1.71. The van der Waals surface area contributed by atoms with Crippen LogP contribution in [0, 0.1) is 0 Å². The van der Waals surface area contributed by atoms with E-state index < -0.39 is 0 Å². The molecule has 0 unspecified atom stereocenters. The van der Waals surface area contributed by atoms with Gasteiger partial charge in [-0.25, -0.2) is 4.98 Å². The summed E-state index contributed by atoms with van der Waals surface area (Å²) in [5, 5.41) is 2.46. The van der Waals surface area contributed by atoms with Crippen LogP contribution >= 0.6 is 11.3 Å². The largest absolute Gasteiger partial charge is 0.488 e. The zero-order valence-electron chi connectivity index (χ0n) is 17.8. The number of nitrogens with zero attached hydrogens (tertiary/aromatic N) is 2. The van der Waals surface area contributed by atoms with Crippen LogP contribution < -0.4 is 9.64 Å². The zero-order valence-corrected chi connectivity index (χ0v) is 18.7. The van der Waals surface area contributed by atoms with Crippen molar-refractivity contribution in [2.24, 2.45) is 0 Å². The minimum atomic E-state index is -0.0878. The summed E-state index contributed by atoms with van der Waals surface area (Å²) in [6.45, 7) is 5.93. The van der Waals surface area contributed by atoms with Gasteiger partial charge in [0.05, 0.1) is 16.9 Å². The molecule has 5 nitrogen and oxygen atoms in total. The highest BCUT2D eigenvalue weighted by molar-refractivity contribution is 7.14. The number of hydrogen-bond donors (Lipinski definition) is 0. The highest BCUT2D eigenvalue weighted by atomic mass is 32.1. The Labute approximate surface area is 186 Å². The number of benzene rings is 2. The van der Waals surface area contributed by atoms with Gasteiger partial charge in [-0.3, -0.25) is 14.5 Å². The number of fused-ring (bicyclic) bond motifs is 1. The van der Waals surface area contributed by atoms with E-state index >= 15 is 0 Å². The third-order valence-electron chi connectivity index (χ3n) is 5.33. The highest BCUT2D eigenvalue weighted by Gasteiger charge is 2.25. The first-order valence-corrected chi connectivity index (χ1v) is 11.3. The molecule has 0 atom stereocenters. The Bertz CT molecular complexity index is 1160. The van der Waals surface area contributed by atoms with Crippen LogP contribution in [0.3, 0.4) is 0 Å². The maximum Gasteiger partial charge on any atom is 0.230 e. The average Bonchev–Trinajstić information content (AvgIpc) is 3.23. The molecular formula is C25H24N2O3S. The summed E-state index contributed by atoms with van der Waals surface area (Å²) in [6.07, 6.45) is 3.39. The number of carbonyl (C=O) groups excluding carboxylic acids is 2. The number of para-hydroxylation sites is 2. The van der Waals surface area contributed by atoms with Gasteiger partial charge >= 0.3 is 0 Å². The molecule has 0 saturated carbocycles. The van der Waals surface area contributed by atoms with Crippen LogP contribution in [0.2, 0.25) is 0 Å². The summed E-state index contributed by atoms with van der Waals surface area (Å²) in [5.41, 5.74) is 4.89. The zero-order chi connectivity index (χ0) is 22.0. The fourth-order valence-corrected chi connectivity index (χ4v) is 4.63. The number of aryl methyl sites for hydroxylation is 2. The van der Waals surface area contributed by atoms with Crippen molar-refractivity contribution in [3.63, 3.8) is 0 Å². The van der Waals surface area contributed by atoms with Crippen LogP contribution in [0.4, 0.5) is 10.8 Å². The second-order valence-electron chi connectivity index (χ2n) is 7.32. The standard InChI is InChI=1S/C25H24N2O3S/c1-4-17-9-8-10-18(5-2)23(17)27(16(3)28)25-26-20(15-31-25)13-19-14-30-22-12-7-6-11-21(22)24(19)29/h6-13,15H,4-5,14H2,1-3H3/b19-13-. The Morgan fingerprint density at radius 1 is 1.13 bits per heavy atom. The molecule has 3 aromatic rings. The van der Waals surface area contributed by atoms with E-state index in [0.717, 1.165) is 29.7 Å². The van der Waals surface area contributed by atoms with Crippen molar-refractivity contribution >= 4 is 39.9 Å². The lowest BCUT2D eigenvalue weighted by Gasteiger charge is -2.24. The lowest BCUT2D eigenvalue weighted by Crippen LogP contribution is -2.25. The maximum atomic E-state index is 12.8. The number of ether oxygens (including phenoxy) is 1. The van der Waals surface area contributed by atoms with Gasteiger partial charge in [-0.1, -0.05) is 44.2 Å². The van der Waals surface area contributed by atoms with E-state index in [-0.39, 0.29) is 18.3 Å². The van der Waals surface area contributed by atoms with Crippen molar-refractivity contribution in [2.75, 3.05) is 11.5 Å². The Morgan fingerprint density at radius 3 is 2.52 bits per heavy atom. The summed E-state index contributed by atoms with van der Waals surface area (Å²) in [5.74, 6) is 0.467. The molecule has 0 spiro atoms. The smallest absolute Gasteiger partial charge is 0.230 e. The summed E-state index contributed by atoms with van der Waals surface area (Å²) in [4.78, 5) is 31.9. The number of anilines is 2. The third kappa shape index (κ3) is 4.03. The van der Waals surface area contributed by atoms with Crippen LogP contribution in [-0.4, -0.2) is 23.3 Å². The number of aromatic nitrogens is 1. The predicted octanol–water partition coefficient (Wildman–Crippen LogP) is 5.61. The molecule has 158 valence electrons. The Hall–Kier alpha value is -3.25. The SMILES string of the molecule is CCc1cccc(CC)c1N(C(C)=O)c1nc(/C=C2/COc3ccccc3C2=O)cs1. The first kappa shape index (κ1) is 21.0. The van der Waals surface area contributed by atoms with Gasteiger partial charge in [-0.15, -0.1) is 11.3 Å².